The highest BCUT2D eigenvalue weighted by molar-refractivity contribution is 5.68. The second kappa shape index (κ2) is 6.07. The van der Waals surface area contributed by atoms with Crippen molar-refractivity contribution in [3.63, 3.8) is 0 Å². The molecule has 5 nitrogen and oxygen atoms in total. The number of nitrogens with one attached hydrogen (secondary N) is 1. The molecule has 0 saturated heterocycles. The van der Waals surface area contributed by atoms with Gasteiger partial charge in [-0.25, -0.2) is 4.98 Å². The number of aromatic nitrogens is 2. The van der Waals surface area contributed by atoms with Gasteiger partial charge in [-0.05, 0) is 43.4 Å². The van der Waals surface area contributed by atoms with Crippen molar-refractivity contribution >= 4 is 5.82 Å². The third kappa shape index (κ3) is 2.96. The van der Waals surface area contributed by atoms with Crippen LogP contribution in [0.15, 0.2) is 24.5 Å². The maximum Gasteiger partial charge on any atom is 0.162 e. The van der Waals surface area contributed by atoms with Crippen molar-refractivity contribution in [3.05, 3.63) is 30.1 Å². The van der Waals surface area contributed by atoms with Gasteiger partial charge in [0, 0.05) is 12.1 Å². The van der Waals surface area contributed by atoms with Crippen molar-refractivity contribution < 1.29 is 9.47 Å². The molecule has 2 aromatic rings. The minimum atomic E-state index is 0.588. The number of anilines is 1. The first-order chi connectivity index (χ1) is 11.3. The Balaban J connectivity index is 1.53. The Morgan fingerprint density at radius 1 is 1.09 bits per heavy atom. The molecule has 1 aliphatic carbocycles. The van der Waals surface area contributed by atoms with Gasteiger partial charge in [-0.15, -0.1) is 0 Å². The Labute approximate surface area is 136 Å². The lowest BCUT2D eigenvalue weighted by Gasteiger charge is -2.25. The van der Waals surface area contributed by atoms with Crippen molar-refractivity contribution in [2.24, 2.45) is 5.92 Å². The number of ether oxygens (including phenoxy) is 2. The number of nitrogens with zero attached hydrogens (tertiary/aromatic N) is 2. The zero-order valence-electron chi connectivity index (χ0n) is 13.3. The van der Waals surface area contributed by atoms with Crippen LogP contribution < -0.4 is 14.8 Å². The smallest absolute Gasteiger partial charge is 0.162 e. The summed E-state index contributed by atoms with van der Waals surface area (Å²) in [6.07, 6.45) is 7.65. The normalized spacial score (nSPS) is 16.7. The highest BCUT2D eigenvalue weighted by atomic mass is 16.6. The average molecular weight is 311 g/mol. The Bertz CT molecular complexity index is 696. The third-order valence-electron chi connectivity index (χ3n) is 4.61. The second-order valence-corrected chi connectivity index (χ2v) is 6.28. The van der Waals surface area contributed by atoms with E-state index in [-0.39, 0.29) is 0 Å². The van der Waals surface area contributed by atoms with E-state index in [1.807, 2.05) is 24.5 Å². The summed E-state index contributed by atoms with van der Waals surface area (Å²) in [7, 11) is 0. The topological polar surface area (TPSA) is 56.3 Å². The van der Waals surface area contributed by atoms with Crippen LogP contribution in [0.5, 0.6) is 11.5 Å². The summed E-state index contributed by atoms with van der Waals surface area (Å²) in [5.41, 5.74) is 3.00. The average Bonchev–Trinajstić information content (AvgIpc) is 2.53. The lowest BCUT2D eigenvalue weighted by atomic mass is 9.85. The molecule has 5 heteroatoms. The number of benzene rings is 1. The lowest BCUT2D eigenvalue weighted by Crippen LogP contribution is -2.21. The van der Waals surface area contributed by atoms with Crippen molar-refractivity contribution in [2.45, 2.75) is 26.2 Å². The molecule has 0 radical (unpaired) electrons. The first-order valence-electron chi connectivity index (χ1n) is 8.26. The van der Waals surface area contributed by atoms with Gasteiger partial charge in [0.25, 0.3) is 0 Å². The summed E-state index contributed by atoms with van der Waals surface area (Å²) in [5, 5.41) is 3.37. The molecule has 2 aliphatic rings. The van der Waals surface area contributed by atoms with Crippen LogP contribution in [0, 0.1) is 12.8 Å². The molecule has 1 N–H and O–H groups in total. The van der Waals surface area contributed by atoms with Crippen molar-refractivity contribution in [1.82, 2.24) is 9.97 Å². The largest absolute Gasteiger partial charge is 0.486 e. The maximum absolute atomic E-state index is 5.66. The number of hydrogen-bond acceptors (Lipinski definition) is 5. The molecule has 2 heterocycles. The molecule has 0 atom stereocenters. The van der Waals surface area contributed by atoms with Gasteiger partial charge < -0.3 is 14.8 Å². The zero-order valence-corrected chi connectivity index (χ0v) is 13.3. The molecule has 23 heavy (non-hydrogen) atoms. The molecule has 0 spiro atoms. The van der Waals surface area contributed by atoms with Gasteiger partial charge in [-0.1, -0.05) is 6.42 Å². The summed E-state index contributed by atoms with van der Waals surface area (Å²) in [6, 6.07) is 4.00. The van der Waals surface area contributed by atoms with E-state index >= 15 is 0 Å². The van der Waals surface area contributed by atoms with E-state index in [0.717, 1.165) is 46.6 Å². The monoisotopic (exact) mass is 311 g/mol. The van der Waals surface area contributed by atoms with Crippen molar-refractivity contribution in [1.29, 1.82) is 0 Å². The molecule has 0 amide bonds. The summed E-state index contributed by atoms with van der Waals surface area (Å²) in [6.45, 7) is 4.24. The van der Waals surface area contributed by atoms with Crippen LogP contribution in [0.4, 0.5) is 5.82 Å². The molecule has 1 aromatic carbocycles. The maximum atomic E-state index is 5.66. The predicted octanol–water partition coefficient (Wildman–Crippen LogP) is 3.44. The minimum Gasteiger partial charge on any atom is -0.486 e. The Morgan fingerprint density at radius 3 is 2.52 bits per heavy atom. The standard InChI is InChI=1S/C18H21N3O2/c1-12-7-16-17(23-6-5-22-16)8-14(12)15-10-21-18(11-19-15)20-9-13-3-2-4-13/h7-8,10-11,13H,2-6,9H2,1H3,(H,20,21). The SMILES string of the molecule is Cc1cc2c(cc1-c1cnc(NCC3CCC3)cn1)OCCO2. The first kappa shape index (κ1) is 14.3. The highest BCUT2D eigenvalue weighted by Gasteiger charge is 2.18. The molecule has 0 unspecified atom stereocenters. The number of hydrogen-bond donors (Lipinski definition) is 1. The fourth-order valence-corrected chi connectivity index (χ4v) is 2.97. The molecule has 1 fully saturated rings. The van der Waals surface area contributed by atoms with E-state index in [9.17, 15) is 0 Å². The number of aryl methyl sites for hydroxylation is 1. The molecular formula is C18H21N3O2. The molecule has 4 rings (SSSR count). The van der Waals surface area contributed by atoms with Gasteiger partial charge in [0.2, 0.25) is 0 Å². The molecule has 1 aromatic heterocycles. The van der Waals surface area contributed by atoms with Gasteiger partial charge in [-0.2, -0.15) is 0 Å². The predicted molar refractivity (Wildman–Crippen MR) is 89.0 cm³/mol. The van der Waals surface area contributed by atoms with Gasteiger partial charge >= 0.3 is 0 Å². The molecule has 120 valence electrons. The third-order valence-corrected chi connectivity index (χ3v) is 4.61. The van der Waals surface area contributed by atoms with Gasteiger partial charge in [-0.3, -0.25) is 4.98 Å². The van der Waals surface area contributed by atoms with Gasteiger partial charge in [0.05, 0.1) is 18.1 Å². The Morgan fingerprint density at radius 2 is 1.87 bits per heavy atom. The van der Waals surface area contributed by atoms with E-state index in [1.54, 1.807) is 0 Å². The van der Waals surface area contributed by atoms with Crippen LogP contribution in [0.1, 0.15) is 24.8 Å². The lowest BCUT2D eigenvalue weighted by molar-refractivity contribution is 0.171. The van der Waals surface area contributed by atoms with Crippen LogP contribution in [-0.4, -0.2) is 29.7 Å². The minimum absolute atomic E-state index is 0.588. The number of rotatable bonds is 4. The second-order valence-electron chi connectivity index (χ2n) is 6.28. The van der Waals surface area contributed by atoms with Crippen molar-refractivity contribution in [2.75, 3.05) is 25.1 Å². The van der Waals surface area contributed by atoms with E-state index in [4.69, 9.17) is 9.47 Å². The summed E-state index contributed by atoms with van der Waals surface area (Å²) in [4.78, 5) is 9.05. The summed E-state index contributed by atoms with van der Waals surface area (Å²) in [5.74, 6) is 3.24. The van der Waals surface area contributed by atoms with Crippen molar-refractivity contribution in [3.8, 4) is 22.8 Å². The van der Waals surface area contributed by atoms with Crippen LogP contribution in [0.2, 0.25) is 0 Å². The first-order valence-corrected chi connectivity index (χ1v) is 8.26. The van der Waals surface area contributed by atoms with E-state index < -0.39 is 0 Å². The zero-order chi connectivity index (χ0) is 15.6. The van der Waals surface area contributed by atoms with E-state index in [1.165, 1.54) is 19.3 Å². The highest BCUT2D eigenvalue weighted by Crippen LogP contribution is 2.36. The van der Waals surface area contributed by atoms with E-state index in [2.05, 4.69) is 22.2 Å². The van der Waals surface area contributed by atoms with Crippen LogP contribution in [-0.2, 0) is 0 Å². The van der Waals surface area contributed by atoms with Crippen LogP contribution >= 0.6 is 0 Å². The Kier molecular flexibility index (Phi) is 3.77. The van der Waals surface area contributed by atoms with Gasteiger partial charge in [0.1, 0.15) is 19.0 Å². The molecular weight excluding hydrogens is 290 g/mol. The molecule has 1 aliphatic heterocycles. The fourth-order valence-electron chi connectivity index (χ4n) is 2.97. The van der Waals surface area contributed by atoms with Gasteiger partial charge in [0.15, 0.2) is 11.5 Å². The fraction of sp³-hybridized carbons (Fsp3) is 0.444. The molecule has 1 saturated carbocycles. The number of fused-ring (bicyclic) bond motifs is 1. The van der Waals surface area contributed by atoms with Crippen LogP contribution in [0.3, 0.4) is 0 Å². The van der Waals surface area contributed by atoms with E-state index in [0.29, 0.717) is 13.2 Å². The summed E-state index contributed by atoms with van der Waals surface area (Å²) >= 11 is 0. The summed E-state index contributed by atoms with van der Waals surface area (Å²) < 4.78 is 11.3. The molecule has 0 bridgehead atoms. The quantitative estimate of drug-likeness (QED) is 0.937. The van der Waals surface area contributed by atoms with Crippen LogP contribution in [0.25, 0.3) is 11.3 Å². The Hall–Kier alpha value is -2.30.